The van der Waals surface area contributed by atoms with Gasteiger partial charge in [-0.1, -0.05) is 123 Å². The minimum atomic E-state index is -0.0844. The van der Waals surface area contributed by atoms with E-state index in [1.807, 2.05) is 0 Å². The SMILES string of the molecule is CC1(C)c2ccccc2-c2ccc(N(c3ccc(-c4ccccc4)cc3)c3cccc4cc5c(cc34)-c3cc4ccccc4cc3-5)cc21. The zero-order valence-electron chi connectivity index (χ0n) is 27.0. The van der Waals surface area contributed by atoms with Crippen molar-refractivity contribution in [1.82, 2.24) is 0 Å². The van der Waals surface area contributed by atoms with Gasteiger partial charge in [-0.05, 0) is 126 Å². The Morgan fingerprint density at radius 2 is 0.938 bits per heavy atom. The second kappa shape index (κ2) is 10.0. The van der Waals surface area contributed by atoms with Crippen LogP contribution in [0.4, 0.5) is 17.1 Å². The Morgan fingerprint density at radius 3 is 1.69 bits per heavy atom. The fourth-order valence-electron chi connectivity index (χ4n) is 8.27. The molecule has 1 heteroatoms. The van der Waals surface area contributed by atoms with Crippen LogP contribution in [-0.4, -0.2) is 0 Å². The van der Waals surface area contributed by atoms with Gasteiger partial charge in [-0.15, -0.1) is 0 Å². The summed E-state index contributed by atoms with van der Waals surface area (Å²) in [5.41, 5.74) is 16.7. The van der Waals surface area contributed by atoms with E-state index in [1.54, 1.807) is 0 Å². The summed E-state index contributed by atoms with van der Waals surface area (Å²) in [7, 11) is 0. The van der Waals surface area contributed by atoms with Gasteiger partial charge in [0.25, 0.3) is 0 Å². The van der Waals surface area contributed by atoms with Crippen molar-refractivity contribution in [2.45, 2.75) is 19.3 Å². The quantitative estimate of drug-likeness (QED) is 0.191. The monoisotopic (exact) mass is 611 g/mol. The van der Waals surface area contributed by atoms with Crippen molar-refractivity contribution in [3.8, 4) is 44.5 Å². The number of hydrogen-bond acceptors (Lipinski definition) is 1. The molecule has 0 saturated carbocycles. The van der Waals surface area contributed by atoms with Gasteiger partial charge in [0.05, 0.1) is 5.69 Å². The molecule has 0 heterocycles. The van der Waals surface area contributed by atoms with E-state index in [9.17, 15) is 0 Å². The van der Waals surface area contributed by atoms with E-state index < -0.39 is 0 Å². The highest BCUT2D eigenvalue weighted by Gasteiger charge is 2.36. The summed E-state index contributed by atoms with van der Waals surface area (Å²) in [6.45, 7) is 4.72. The van der Waals surface area contributed by atoms with E-state index in [0.717, 1.165) is 5.69 Å². The van der Waals surface area contributed by atoms with Crippen LogP contribution in [0.1, 0.15) is 25.0 Å². The first-order valence-corrected chi connectivity index (χ1v) is 16.8. The Hall–Kier alpha value is -5.92. The molecule has 10 rings (SSSR count). The lowest BCUT2D eigenvalue weighted by Gasteiger charge is -2.31. The fourth-order valence-corrected chi connectivity index (χ4v) is 8.27. The maximum absolute atomic E-state index is 2.46. The highest BCUT2D eigenvalue weighted by atomic mass is 15.1. The number of anilines is 3. The molecule has 0 spiro atoms. The number of rotatable bonds is 4. The summed E-state index contributed by atoms with van der Waals surface area (Å²) in [5, 5.41) is 5.09. The van der Waals surface area contributed by atoms with Gasteiger partial charge in [0.2, 0.25) is 0 Å². The Labute approximate surface area is 281 Å². The maximum atomic E-state index is 2.46. The standard InChI is InChI=1S/C47H33N/c1-47(2)44-17-9-8-16-37(44)38-24-23-36(28-45(38)47)48(35-21-19-31(20-22-35)30-11-4-3-5-12-30)46-18-10-15-34-27-42-40-25-32-13-6-7-14-33(32)26-41(40)43(42)29-39(34)46/h3-29H,1-2H3. The number of nitrogens with zero attached hydrogens (tertiary/aromatic N) is 1. The van der Waals surface area contributed by atoms with Gasteiger partial charge in [-0.2, -0.15) is 0 Å². The predicted molar refractivity (Wildman–Crippen MR) is 204 cm³/mol. The normalized spacial score (nSPS) is 13.4. The van der Waals surface area contributed by atoms with Crippen LogP contribution in [0.15, 0.2) is 164 Å². The molecule has 0 saturated heterocycles. The molecule has 8 aromatic carbocycles. The first-order valence-electron chi connectivity index (χ1n) is 16.8. The van der Waals surface area contributed by atoms with Crippen molar-refractivity contribution in [3.63, 3.8) is 0 Å². The first-order chi connectivity index (χ1) is 23.5. The lowest BCUT2D eigenvalue weighted by atomic mass is 9.78. The third-order valence-corrected chi connectivity index (χ3v) is 10.8. The molecule has 226 valence electrons. The molecule has 1 nitrogen and oxygen atoms in total. The summed E-state index contributed by atoms with van der Waals surface area (Å²) in [6, 6.07) is 60.6. The van der Waals surface area contributed by atoms with Crippen molar-refractivity contribution < 1.29 is 0 Å². The molecule has 2 aliphatic carbocycles. The topological polar surface area (TPSA) is 3.24 Å². The van der Waals surface area contributed by atoms with Gasteiger partial charge < -0.3 is 4.90 Å². The second-order valence-corrected chi connectivity index (χ2v) is 13.8. The Morgan fingerprint density at radius 1 is 0.375 bits per heavy atom. The molecule has 0 unspecified atom stereocenters. The van der Waals surface area contributed by atoms with Gasteiger partial charge in [-0.25, -0.2) is 0 Å². The summed E-state index contributed by atoms with van der Waals surface area (Å²) in [5.74, 6) is 0. The number of benzene rings is 8. The number of hydrogen-bond donors (Lipinski definition) is 0. The van der Waals surface area contributed by atoms with Crippen LogP contribution >= 0.6 is 0 Å². The van der Waals surface area contributed by atoms with Crippen LogP contribution in [0, 0.1) is 0 Å². The fraction of sp³-hybridized carbons (Fsp3) is 0.0638. The smallest absolute Gasteiger partial charge is 0.0540 e. The largest absolute Gasteiger partial charge is 0.310 e. The van der Waals surface area contributed by atoms with Gasteiger partial charge in [-0.3, -0.25) is 0 Å². The molecule has 0 bridgehead atoms. The third-order valence-electron chi connectivity index (χ3n) is 10.8. The van der Waals surface area contributed by atoms with Crippen molar-refractivity contribution in [3.05, 3.63) is 175 Å². The molecule has 2 aliphatic rings. The maximum Gasteiger partial charge on any atom is 0.0540 e. The van der Waals surface area contributed by atoms with Crippen molar-refractivity contribution >= 4 is 38.6 Å². The third kappa shape index (κ3) is 3.91. The second-order valence-electron chi connectivity index (χ2n) is 13.8. The van der Waals surface area contributed by atoms with Crippen LogP contribution in [-0.2, 0) is 5.41 Å². The summed E-state index contributed by atoms with van der Waals surface area (Å²) in [4.78, 5) is 2.46. The van der Waals surface area contributed by atoms with Crippen LogP contribution in [0.25, 0.3) is 66.1 Å². The molecule has 0 radical (unpaired) electrons. The minimum absolute atomic E-state index is 0.0844. The molecule has 0 N–H and O–H groups in total. The molecule has 0 amide bonds. The zero-order valence-corrected chi connectivity index (χ0v) is 27.0. The predicted octanol–water partition coefficient (Wildman–Crippen LogP) is 13.1. The van der Waals surface area contributed by atoms with E-state index in [4.69, 9.17) is 0 Å². The highest BCUT2D eigenvalue weighted by Crippen LogP contribution is 2.53. The van der Waals surface area contributed by atoms with Crippen molar-refractivity contribution in [2.24, 2.45) is 0 Å². The minimum Gasteiger partial charge on any atom is -0.310 e. The van der Waals surface area contributed by atoms with Gasteiger partial charge in [0.15, 0.2) is 0 Å². The molecule has 0 fully saturated rings. The molecule has 8 aromatic rings. The molecule has 0 atom stereocenters. The van der Waals surface area contributed by atoms with Crippen LogP contribution < -0.4 is 4.90 Å². The van der Waals surface area contributed by atoms with E-state index in [1.165, 1.54) is 88.6 Å². The number of fused-ring (bicyclic) bond motifs is 9. The Bertz CT molecular complexity index is 2570. The molecule has 48 heavy (non-hydrogen) atoms. The Kier molecular flexibility index (Phi) is 5.69. The summed E-state index contributed by atoms with van der Waals surface area (Å²) in [6.07, 6.45) is 0. The van der Waals surface area contributed by atoms with Gasteiger partial charge in [0.1, 0.15) is 0 Å². The molecule has 0 aromatic heterocycles. The Balaban J connectivity index is 1.17. The van der Waals surface area contributed by atoms with E-state index >= 15 is 0 Å². The zero-order chi connectivity index (χ0) is 32.0. The molecular formula is C47H33N. The van der Waals surface area contributed by atoms with Crippen molar-refractivity contribution in [1.29, 1.82) is 0 Å². The van der Waals surface area contributed by atoms with Crippen LogP contribution in [0.5, 0.6) is 0 Å². The summed E-state index contributed by atoms with van der Waals surface area (Å²) < 4.78 is 0. The lowest BCUT2D eigenvalue weighted by Crippen LogP contribution is -2.16. The average molecular weight is 612 g/mol. The van der Waals surface area contributed by atoms with Gasteiger partial charge in [0, 0.05) is 22.2 Å². The molecular weight excluding hydrogens is 579 g/mol. The van der Waals surface area contributed by atoms with Gasteiger partial charge >= 0.3 is 0 Å². The molecule has 0 aliphatic heterocycles. The van der Waals surface area contributed by atoms with Crippen molar-refractivity contribution in [2.75, 3.05) is 4.90 Å². The van der Waals surface area contributed by atoms with E-state index in [0.29, 0.717) is 0 Å². The first kappa shape index (κ1) is 27.2. The lowest BCUT2D eigenvalue weighted by molar-refractivity contribution is 0.660. The summed E-state index contributed by atoms with van der Waals surface area (Å²) >= 11 is 0. The van der Waals surface area contributed by atoms with Crippen LogP contribution in [0.2, 0.25) is 0 Å². The van der Waals surface area contributed by atoms with E-state index in [-0.39, 0.29) is 5.41 Å². The van der Waals surface area contributed by atoms with Crippen LogP contribution in [0.3, 0.4) is 0 Å². The average Bonchev–Trinajstić information content (AvgIpc) is 3.36. The van der Waals surface area contributed by atoms with E-state index in [2.05, 4.69) is 183 Å². The highest BCUT2D eigenvalue weighted by molar-refractivity contribution is 6.14.